The molecule has 30 heavy (non-hydrogen) atoms. The van der Waals surface area contributed by atoms with Crippen LogP contribution in [0.2, 0.25) is 0 Å². The van der Waals surface area contributed by atoms with Crippen molar-refractivity contribution in [1.82, 2.24) is 9.71 Å². The number of nitrogens with one attached hydrogen (secondary N) is 1. The van der Waals surface area contributed by atoms with E-state index in [-0.39, 0.29) is 10.9 Å². The molecule has 5 rings (SSSR count). The summed E-state index contributed by atoms with van der Waals surface area (Å²) in [7, 11) is -3.76. The molecule has 4 aromatic rings. The van der Waals surface area contributed by atoms with Crippen molar-refractivity contribution in [2.45, 2.75) is 11.4 Å². The lowest BCUT2D eigenvalue weighted by Crippen LogP contribution is -2.46. The summed E-state index contributed by atoms with van der Waals surface area (Å²) in [4.78, 5) is 10.6. The zero-order chi connectivity index (χ0) is 20.6. The van der Waals surface area contributed by atoms with Gasteiger partial charge in [0, 0.05) is 18.1 Å². The van der Waals surface area contributed by atoms with Crippen LogP contribution in [0.4, 0.5) is 11.4 Å². The Hall–Kier alpha value is -3.71. The first kappa shape index (κ1) is 18.3. The van der Waals surface area contributed by atoms with Crippen LogP contribution in [-0.2, 0) is 16.6 Å². The quantitative estimate of drug-likeness (QED) is 0.545. The minimum absolute atomic E-state index is 0.123. The number of para-hydroxylation sites is 1. The van der Waals surface area contributed by atoms with Crippen molar-refractivity contribution < 1.29 is 8.42 Å². The Morgan fingerprint density at radius 2 is 1.67 bits per heavy atom. The smallest absolute Gasteiger partial charge is 0.267 e. The lowest BCUT2D eigenvalue weighted by atomic mass is 10.1. The predicted molar refractivity (Wildman–Crippen MR) is 118 cm³/mol. The van der Waals surface area contributed by atoms with E-state index in [0.717, 1.165) is 22.0 Å². The second kappa shape index (κ2) is 7.27. The molecule has 3 aromatic carbocycles. The minimum Gasteiger partial charge on any atom is -0.279 e. The number of fused-ring (bicyclic) bond motifs is 2. The van der Waals surface area contributed by atoms with E-state index in [1.165, 1.54) is 6.20 Å². The molecule has 0 radical (unpaired) electrons. The summed E-state index contributed by atoms with van der Waals surface area (Å²) < 4.78 is 28.3. The molecule has 1 aliphatic rings. The maximum absolute atomic E-state index is 12.8. The van der Waals surface area contributed by atoms with Crippen molar-refractivity contribution in [2.75, 3.05) is 4.90 Å². The Morgan fingerprint density at radius 3 is 2.53 bits per heavy atom. The van der Waals surface area contributed by atoms with Crippen molar-refractivity contribution in [3.05, 3.63) is 96.8 Å². The van der Waals surface area contributed by atoms with Crippen LogP contribution < -0.4 is 9.62 Å². The Labute approximate surface area is 174 Å². The summed E-state index contributed by atoms with van der Waals surface area (Å²) in [6, 6.07) is 25.4. The van der Waals surface area contributed by atoms with Crippen LogP contribution in [0.15, 0.2) is 101 Å². The molecule has 0 saturated heterocycles. The normalized spacial score (nSPS) is 16.3. The van der Waals surface area contributed by atoms with Gasteiger partial charge in [-0.05, 0) is 34.5 Å². The van der Waals surface area contributed by atoms with Gasteiger partial charge in [-0.25, -0.2) is 18.1 Å². The molecular formula is C23H18N4O2S. The summed E-state index contributed by atoms with van der Waals surface area (Å²) in [6.45, 7) is 0.336. The number of benzene rings is 3. The monoisotopic (exact) mass is 414 g/mol. The van der Waals surface area contributed by atoms with Crippen LogP contribution in [0.25, 0.3) is 10.8 Å². The van der Waals surface area contributed by atoms with Gasteiger partial charge in [0.25, 0.3) is 10.0 Å². The summed E-state index contributed by atoms with van der Waals surface area (Å²) >= 11 is 0. The van der Waals surface area contributed by atoms with Gasteiger partial charge in [0.1, 0.15) is 4.90 Å². The molecule has 0 atom stereocenters. The highest BCUT2D eigenvalue weighted by molar-refractivity contribution is 7.90. The first-order valence-corrected chi connectivity index (χ1v) is 10.9. The van der Waals surface area contributed by atoms with E-state index < -0.39 is 10.0 Å². The number of pyridine rings is 1. The van der Waals surface area contributed by atoms with E-state index >= 15 is 0 Å². The van der Waals surface area contributed by atoms with E-state index in [1.54, 1.807) is 12.3 Å². The lowest BCUT2D eigenvalue weighted by Gasteiger charge is -2.32. The summed E-state index contributed by atoms with van der Waals surface area (Å²) in [5, 5.41) is 2.22. The van der Waals surface area contributed by atoms with E-state index in [0.29, 0.717) is 12.2 Å². The number of guanidine groups is 1. The van der Waals surface area contributed by atoms with Gasteiger partial charge >= 0.3 is 0 Å². The molecule has 1 N–H and O–H groups in total. The van der Waals surface area contributed by atoms with Crippen LogP contribution >= 0.6 is 0 Å². The van der Waals surface area contributed by atoms with Gasteiger partial charge in [0.2, 0.25) is 5.96 Å². The number of aromatic nitrogens is 1. The molecule has 7 heteroatoms. The standard InChI is InChI=1S/C23H18N4O2S/c28-30(29)22-16-24-14-13-21(22)27(19-10-2-1-3-11-19)23(26-30)25-15-18-9-6-8-17-7-4-5-12-20(17)18/h1-14,16H,15H2,(H,25,26). The molecule has 0 spiro atoms. The maximum Gasteiger partial charge on any atom is 0.267 e. The molecular weight excluding hydrogens is 396 g/mol. The van der Waals surface area contributed by atoms with Crippen molar-refractivity contribution in [1.29, 1.82) is 0 Å². The molecule has 0 saturated carbocycles. The Bertz CT molecular complexity index is 1360. The highest BCUT2D eigenvalue weighted by atomic mass is 32.2. The van der Waals surface area contributed by atoms with E-state index in [1.807, 2.05) is 65.6 Å². The molecule has 1 aliphatic heterocycles. The first-order valence-electron chi connectivity index (χ1n) is 9.46. The number of hydrogen-bond acceptors (Lipinski definition) is 4. The predicted octanol–water partition coefficient (Wildman–Crippen LogP) is 4.22. The van der Waals surface area contributed by atoms with Gasteiger partial charge in [-0.2, -0.15) is 0 Å². The molecule has 1 aromatic heterocycles. The van der Waals surface area contributed by atoms with Gasteiger partial charge in [-0.3, -0.25) is 9.88 Å². The van der Waals surface area contributed by atoms with Gasteiger partial charge < -0.3 is 0 Å². The van der Waals surface area contributed by atoms with Crippen LogP contribution in [0.1, 0.15) is 5.56 Å². The van der Waals surface area contributed by atoms with Crippen LogP contribution in [0, 0.1) is 0 Å². The number of anilines is 2. The molecule has 6 nitrogen and oxygen atoms in total. The third-order valence-electron chi connectivity index (χ3n) is 5.02. The molecule has 0 bridgehead atoms. The number of aliphatic imine (C=N–C) groups is 1. The van der Waals surface area contributed by atoms with Crippen LogP contribution in [0.3, 0.4) is 0 Å². The van der Waals surface area contributed by atoms with Crippen molar-refractivity contribution in [3.8, 4) is 0 Å². The molecule has 0 fully saturated rings. The van der Waals surface area contributed by atoms with Crippen LogP contribution in [-0.4, -0.2) is 19.4 Å². The maximum atomic E-state index is 12.8. The molecule has 148 valence electrons. The lowest BCUT2D eigenvalue weighted by molar-refractivity contribution is 0.590. The molecule has 0 unspecified atom stereocenters. The summed E-state index contributed by atoms with van der Waals surface area (Å²) in [5.74, 6) is 0.257. The zero-order valence-electron chi connectivity index (χ0n) is 15.9. The van der Waals surface area contributed by atoms with Gasteiger partial charge in [0.05, 0.1) is 12.2 Å². The van der Waals surface area contributed by atoms with E-state index in [9.17, 15) is 8.42 Å². The third kappa shape index (κ3) is 3.19. The van der Waals surface area contributed by atoms with E-state index in [2.05, 4.69) is 26.8 Å². The van der Waals surface area contributed by atoms with Crippen molar-refractivity contribution in [2.24, 2.45) is 4.99 Å². The fourth-order valence-electron chi connectivity index (χ4n) is 3.63. The Kier molecular flexibility index (Phi) is 4.44. The number of sulfonamides is 1. The summed E-state index contributed by atoms with van der Waals surface area (Å²) in [6.07, 6.45) is 2.94. The second-order valence-electron chi connectivity index (χ2n) is 6.90. The highest BCUT2D eigenvalue weighted by Gasteiger charge is 2.33. The largest absolute Gasteiger partial charge is 0.279 e. The van der Waals surface area contributed by atoms with Gasteiger partial charge in [0.15, 0.2) is 0 Å². The molecule has 0 aliphatic carbocycles. The average molecular weight is 414 g/mol. The van der Waals surface area contributed by atoms with Gasteiger partial charge in [-0.15, -0.1) is 0 Å². The van der Waals surface area contributed by atoms with Crippen LogP contribution in [0.5, 0.6) is 0 Å². The first-order chi connectivity index (χ1) is 14.6. The Morgan fingerprint density at radius 1 is 0.900 bits per heavy atom. The average Bonchev–Trinajstić information content (AvgIpc) is 2.78. The second-order valence-corrected chi connectivity index (χ2v) is 8.55. The van der Waals surface area contributed by atoms with Gasteiger partial charge in [-0.1, -0.05) is 60.7 Å². The summed E-state index contributed by atoms with van der Waals surface area (Å²) in [5.41, 5.74) is 2.35. The Balaban J connectivity index is 1.64. The highest BCUT2D eigenvalue weighted by Crippen LogP contribution is 2.34. The fraction of sp³-hybridized carbons (Fsp3) is 0.0435. The minimum atomic E-state index is -3.76. The topological polar surface area (TPSA) is 74.7 Å². The zero-order valence-corrected chi connectivity index (χ0v) is 16.8. The molecule has 2 heterocycles. The number of rotatable bonds is 3. The third-order valence-corrected chi connectivity index (χ3v) is 6.37. The number of hydrogen-bond donors (Lipinski definition) is 1. The SMILES string of the molecule is O=S1(=O)NC(=NCc2cccc3ccccc23)N(c2ccccc2)c2ccncc21. The van der Waals surface area contributed by atoms with E-state index in [4.69, 9.17) is 0 Å². The number of nitrogens with zero attached hydrogens (tertiary/aromatic N) is 3. The van der Waals surface area contributed by atoms with Crippen molar-refractivity contribution in [3.63, 3.8) is 0 Å². The van der Waals surface area contributed by atoms with Crippen molar-refractivity contribution >= 4 is 38.1 Å². The fourth-order valence-corrected chi connectivity index (χ4v) is 4.77. The molecule has 0 amide bonds.